The molecule has 1 heterocycles. The lowest BCUT2D eigenvalue weighted by Crippen LogP contribution is -2.32. The number of fused-ring (bicyclic) bond motifs is 1. The number of hydrogen-bond acceptors (Lipinski definition) is 6. The minimum Gasteiger partial charge on any atom is -0.497 e. The van der Waals surface area contributed by atoms with Crippen LogP contribution in [0.5, 0.6) is 11.5 Å². The summed E-state index contributed by atoms with van der Waals surface area (Å²) in [6, 6.07) is 20.7. The van der Waals surface area contributed by atoms with Crippen molar-refractivity contribution in [3.05, 3.63) is 88.2 Å². The zero-order chi connectivity index (χ0) is 25.8. The number of carbonyl (C=O) groups excluding carboxylic acids is 1. The molecule has 1 fully saturated rings. The van der Waals surface area contributed by atoms with Gasteiger partial charge in [0.15, 0.2) is 5.16 Å². The lowest BCUT2D eigenvalue weighted by molar-refractivity contribution is 0.0938. The molecule has 5 rings (SSSR count). The first-order chi connectivity index (χ1) is 18.1. The molecular formula is C29H29N3O4S. The fourth-order valence-electron chi connectivity index (χ4n) is 4.61. The number of carbonyl (C=O) groups is 1. The number of aromatic nitrogens is 2. The van der Waals surface area contributed by atoms with Gasteiger partial charge in [-0.2, -0.15) is 0 Å². The van der Waals surface area contributed by atoms with Gasteiger partial charge in [0, 0.05) is 35.6 Å². The number of nitrogens with one attached hydrogen (secondary N) is 1. The maximum absolute atomic E-state index is 13.8. The molecule has 190 valence electrons. The van der Waals surface area contributed by atoms with E-state index in [2.05, 4.69) is 5.32 Å². The van der Waals surface area contributed by atoms with Crippen LogP contribution in [0.2, 0.25) is 0 Å². The zero-order valence-corrected chi connectivity index (χ0v) is 21.7. The number of methoxy groups -OCH3 is 2. The first-order valence-electron chi connectivity index (χ1n) is 12.3. The molecule has 0 aliphatic heterocycles. The van der Waals surface area contributed by atoms with Crippen molar-refractivity contribution in [2.45, 2.75) is 42.6 Å². The molecule has 0 bridgehead atoms. The van der Waals surface area contributed by atoms with Crippen LogP contribution in [0.1, 0.15) is 41.6 Å². The summed E-state index contributed by atoms with van der Waals surface area (Å²) in [6.07, 6.45) is 4.29. The van der Waals surface area contributed by atoms with E-state index in [9.17, 15) is 9.59 Å². The van der Waals surface area contributed by atoms with Gasteiger partial charge in [-0.15, -0.1) is 0 Å². The maximum atomic E-state index is 13.8. The number of thioether (sulfide) groups is 1. The number of hydrogen-bond donors (Lipinski definition) is 1. The van der Waals surface area contributed by atoms with Crippen molar-refractivity contribution in [2.24, 2.45) is 0 Å². The van der Waals surface area contributed by atoms with Gasteiger partial charge in [-0.25, -0.2) is 4.98 Å². The van der Waals surface area contributed by atoms with Crippen LogP contribution in [0, 0.1) is 0 Å². The zero-order valence-electron chi connectivity index (χ0n) is 20.9. The van der Waals surface area contributed by atoms with Crippen molar-refractivity contribution in [2.75, 3.05) is 14.2 Å². The summed E-state index contributed by atoms with van der Waals surface area (Å²) < 4.78 is 12.5. The summed E-state index contributed by atoms with van der Waals surface area (Å²) in [7, 11) is 3.15. The van der Waals surface area contributed by atoms with Crippen LogP contribution >= 0.6 is 11.8 Å². The summed E-state index contributed by atoms with van der Waals surface area (Å²) in [5.74, 6) is 1.64. The average Bonchev–Trinajstić information content (AvgIpc) is 3.45. The smallest absolute Gasteiger partial charge is 0.266 e. The Morgan fingerprint density at radius 2 is 1.70 bits per heavy atom. The van der Waals surface area contributed by atoms with Gasteiger partial charge in [0.05, 0.1) is 30.8 Å². The molecule has 3 aromatic carbocycles. The highest BCUT2D eigenvalue weighted by molar-refractivity contribution is 7.98. The van der Waals surface area contributed by atoms with Crippen LogP contribution in [0.25, 0.3) is 16.6 Å². The first-order valence-corrected chi connectivity index (χ1v) is 13.3. The summed E-state index contributed by atoms with van der Waals surface area (Å²) >= 11 is 1.46. The lowest BCUT2D eigenvalue weighted by Gasteiger charge is -2.16. The maximum Gasteiger partial charge on any atom is 0.266 e. The van der Waals surface area contributed by atoms with E-state index in [1.807, 2.05) is 30.3 Å². The van der Waals surface area contributed by atoms with Crippen LogP contribution in [0.4, 0.5) is 0 Å². The van der Waals surface area contributed by atoms with Crippen molar-refractivity contribution < 1.29 is 14.3 Å². The number of amides is 1. The minimum atomic E-state index is -0.224. The van der Waals surface area contributed by atoms with E-state index in [1.54, 1.807) is 55.2 Å². The SMILES string of the molecule is COc1cc(OC)cc(-n2c(SCc3ccccc3)nc3cc(C(=O)NC4CCCC4)ccc3c2=O)c1. The Morgan fingerprint density at radius 1 is 1.00 bits per heavy atom. The van der Waals surface area contributed by atoms with Crippen molar-refractivity contribution in [3.63, 3.8) is 0 Å². The largest absolute Gasteiger partial charge is 0.497 e. The molecule has 37 heavy (non-hydrogen) atoms. The molecule has 0 atom stereocenters. The van der Waals surface area contributed by atoms with Crippen molar-refractivity contribution >= 4 is 28.6 Å². The van der Waals surface area contributed by atoms with Gasteiger partial charge in [0.2, 0.25) is 0 Å². The van der Waals surface area contributed by atoms with E-state index in [0.29, 0.717) is 44.6 Å². The lowest BCUT2D eigenvalue weighted by atomic mass is 10.1. The Morgan fingerprint density at radius 3 is 2.38 bits per heavy atom. The molecule has 1 saturated carbocycles. The highest BCUT2D eigenvalue weighted by Crippen LogP contribution is 2.29. The van der Waals surface area contributed by atoms with E-state index in [-0.39, 0.29) is 17.5 Å². The average molecular weight is 516 g/mol. The Labute approximate surface area is 219 Å². The van der Waals surface area contributed by atoms with Gasteiger partial charge in [0.25, 0.3) is 11.5 Å². The molecule has 1 amide bonds. The Hall–Kier alpha value is -3.78. The number of benzene rings is 3. The quantitative estimate of drug-likeness (QED) is 0.251. The molecule has 8 heteroatoms. The van der Waals surface area contributed by atoms with Gasteiger partial charge >= 0.3 is 0 Å². The van der Waals surface area contributed by atoms with Crippen LogP contribution < -0.4 is 20.3 Å². The summed E-state index contributed by atoms with van der Waals surface area (Å²) in [5.41, 5.74) is 2.48. The third kappa shape index (κ3) is 5.49. The van der Waals surface area contributed by atoms with Crippen LogP contribution in [0.3, 0.4) is 0 Å². The van der Waals surface area contributed by atoms with Gasteiger partial charge < -0.3 is 14.8 Å². The predicted octanol–water partition coefficient (Wildman–Crippen LogP) is 5.37. The fourth-order valence-corrected chi connectivity index (χ4v) is 5.58. The Kier molecular flexibility index (Phi) is 7.46. The summed E-state index contributed by atoms with van der Waals surface area (Å²) in [4.78, 5) is 31.6. The van der Waals surface area contributed by atoms with Gasteiger partial charge in [-0.05, 0) is 36.6 Å². The molecule has 1 N–H and O–H groups in total. The third-order valence-corrected chi connectivity index (χ3v) is 7.61. The molecule has 0 radical (unpaired) electrons. The van der Waals surface area contributed by atoms with Crippen LogP contribution in [0.15, 0.2) is 76.7 Å². The van der Waals surface area contributed by atoms with E-state index >= 15 is 0 Å². The van der Waals surface area contributed by atoms with Crippen molar-refractivity contribution in [1.29, 1.82) is 0 Å². The molecule has 0 saturated heterocycles. The second-order valence-electron chi connectivity index (χ2n) is 9.07. The monoisotopic (exact) mass is 515 g/mol. The van der Waals surface area contributed by atoms with E-state index in [0.717, 1.165) is 31.2 Å². The molecule has 4 aromatic rings. The Balaban J connectivity index is 1.60. The normalized spacial score (nSPS) is 13.6. The minimum absolute atomic E-state index is 0.129. The number of ether oxygens (including phenoxy) is 2. The standard InChI is InChI=1S/C29H29N3O4S/c1-35-23-15-22(16-24(17-23)36-2)32-28(34)25-13-12-20(27(33)30-21-10-6-7-11-21)14-26(25)31-29(32)37-18-19-8-4-3-5-9-19/h3-5,8-9,12-17,21H,6-7,10-11,18H2,1-2H3,(H,30,33). The second-order valence-corrected chi connectivity index (χ2v) is 10.0. The molecule has 0 unspecified atom stereocenters. The molecule has 0 spiro atoms. The van der Waals surface area contributed by atoms with Gasteiger partial charge in [0.1, 0.15) is 11.5 Å². The van der Waals surface area contributed by atoms with Gasteiger partial charge in [-0.3, -0.25) is 14.2 Å². The summed E-state index contributed by atoms with van der Waals surface area (Å²) in [6.45, 7) is 0. The second kappa shape index (κ2) is 11.1. The highest BCUT2D eigenvalue weighted by Gasteiger charge is 2.20. The van der Waals surface area contributed by atoms with Crippen molar-refractivity contribution in [3.8, 4) is 17.2 Å². The van der Waals surface area contributed by atoms with E-state index < -0.39 is 0 Å². The van der Waals surface area contributed by atoms with Crippen molar-refractivity contribution in [1.82, 2.24) is 14.9 Å². The van der Waals surface area contributed by atoms with Gasteiger partial charge in [-0.1, -0.05) is 54.9 Å². The number of rotatable bonds is 8. The molecule has 1 aromatic heterocycles. The highest BCUT2D eigenvalue weighted by atomic mass is 32.2. The molecule has 1 aliphatic rings. The predicted molar refractivity (Wildman–Crippen MR) is 146 cm³/mol. The molecule has 1 aliphatic carbocycles. The fraction of sp³-hybridized carbons (Fsp3) is 0.276. The van der Waals surface area contributed by atoms with Crippen LogP contribution in [-0.4, -0.2) is 35.7 Å². The van der Waals surface area contributed by atoms with E-state index in [1.165, 1.54) is 11.8 Å². The molecule has 7 nitrogen and oxygen atoms in total. The Bertz CT molecular complexity index is 1460. The topological polar surface area (TPSA) is 82.4 Å². The van der Waals surface area contributed by atoms with Crippen LogP contribution in [-0.2, 0) is 5.75 Å². The van der Waals surface area contributed by atoms with E-state index in [4.69, 9.17) is 14.5 Å². The summed E-state index contributed by atoms with van der Waals surface area (Å²) in [5, 5.41) is 4.07. The molecular weight excluding hydrogens is 486 g/mol. The first kappa shape index (κ1) is 24.9. The number of nitrogens with zero attached hydrogens (tertiary/aromatic N) is 2. The third-order valence-electron chi connectivity index (χ3n) is 6.60.